The van der Waals surface area contributed by atoms with Crippen molar-refractivity contribution in [2.75, 3.05) is 0 Å². The fourth-order valence-electron chi connectivity index (χ4n) is 1.19. The lowest BCUT2D eigenvalue weighted by Gasteiger charge is -2.03. The van der Waals surface area contributed by atoms with Gasteiger partial charge in [0.25, 0.3) is 0 Å². The summed E-state index contributed by atoms with van der Waals surface area (Å²) >= 11 is 0. The summed E-state index contributed by atoms with van der Waals surface area (Å²) < 4.78 is 1.42. The van der Waals surface area contributed by atoms with Crippen LogP contribution in [0, 0.1) is 0 Å². The molecule has 2 N–H and O–H groups in total. The maximum Gasteiger partial charge on any atom is 0.339 e. The van der Waals surface area contributed by atoms with E-state index in [1.165, 1.54) is 29.1 Å². The number of phenols is 1. The molecule has 6 heteroatoms. The number of benzene rings is 1. The van der Waals surface area contributed by atoms with Crippen molar-refractivity contribution >= 4 is 5.97 Å². The molecule has 2 aromatic rings. The number of nitrogens with zero attached hydrogens (tertiary/aromatic N) is 3. The van der Waals surface area contributed by atoms with Crippen molar-refractivity contribution < 1.29 is 15.0 Å². The third-order valence-corrected chi connectivity index (χ3v) is 1.90. The van der Waals surface area contributed by atoms with Crippen LogP contribution in [-0.2, 0) is 0 Å². The molecule has 0 saturated carbocycles. The highest BCUT2D eigenvalue weighted by molar-refractivity contribution is 5.91. The molecule has 0 aliphatic heterocycles. The quantitative estimate of drug-likeness (QED) is 0.752. The third-order valence-electron chi connectivity index (χ3n) is 1.90. The molecule has 0 spiro atoms. The number of aromatic hydroxyl groups is 1. The maximum atomic E-state index is 10.6. The number of aromatic nitrogens is 3. The van der Waals surface area contributed by atoms with Gasteiger partial charge in [-0.25, -0.2) is 9.48 Å². The van der Waals surface area contributed by atoms with Crippen molar-refractivity contribution in [1.82, 2.24) is 15.0 Å². The van der Waals surface area contributed by atoms with Crippen molar-refractivity contribution in [1.29, 1.82) is 0 Å². The van der Waals surface area contributed by atoms with E-state index in [0.29, 0.717) is 5.69 Å². The first-order valence-corrected chi connectivity index (χ1v) is 4.11. The number of hydrogen-bond donors (Lipinski definition) is 2. The van der Waals surface area contributed by atoms with E-state index in [1.54, 1.807) is 6.20 Å². The summed E-state index contributed by atoms with van der Waals surface area (Å²) in [4.78, 5) is 10.6. The van der Waals surface area contributed by atoms with Crippen LogP contribution in [0.15, 0.2) is 30.6 Å². The van der Waals surface area contributed by atoms with E-state index in [2.05, 4.69) is 10.3 Å². The van der Waals surface area contributed by atoms with Crippen LogP contribution in [0.2, 0.25) is 0 Å². The SMILES string of the molecule is O=C(O)c1ccc(-n2ccnn2)cc1O. The van der Waals surface area contributed by atoms with Gasteiger partial charge in [-0.05, 0) is 12.1 Å². The summed E-state index contributed by atoms with van der Waals surface area (Å²) in [7, 11) is 0. The van der Waals surface area contributed by atoms with Gasteiger partial charge in [0, 0.05) is 6.07 Å². The molecule has 76 valence electrons. The number of rotatable bonds is 2. The zero-order chi connectivity index (χ0) is 10.8. The Morgan fingerprint density at radius 2 is 2.20 bits per heavy atom. The van der Waals surface area contributed by atoms with Crippen LogP contribution in [-0.4, -0.2) is 31.2 Å². The van der Waals surface area contributed by atoms with Crippen LogP contribution >= 0.6 is 0 Å². The minimum Gasteiger partial charge on any atom is -0.507 e. The van der Waals surface area contributed by atoms with Gasteiger partial charge in [-0.3, -0.25) is 0 Å². The molecule has 0 aliphatic rings. The predicted octanol–water partition coefficient (Wildman–Crippen LogP) is 0.671. The molecule has 0 radical (unpaired) electrons. The highest BCUT2D eigenvalue weighted by atomic mass is 16.4. The molecule has 0 saturated heterocycles. The van der Waals surface area contributed by atoms with Gasteiger partial charge in [0.1, 0.15) is 11.3 Å². The lowest BCUT2D eigenvalue weighted by atomic mass is 10.2. The second-order valence-electron chi connectivity index (χ2n) is 2.85. The first kappa shape index (κ1) is 9.20. The molecule has 0 atom stereocenters. The highest BCUT2D eigenvalue weighted by Crippen LogP contribution is 2.20. The summed E-state index contributed by atoms with van der Waals surface area (Å²) in [6, 6.07) is 4.17. The van der Waals surface area contributed by atoms with Crippen LogP contribution in [0.1, 0.15) is 10.4 Å². The number of carbonyl (C=O) groups is 1. The normalized spacial score (nSPS) is 10.1. The molecule has 2 rings (SSSR count). The van der Waals surface area contributed by atoms with E-state index in [1.807, 2.05) is 0 Å². The lowest BCUT2D eigenvalue weighted by Crippen LogP contribution is -1.99. The Morgan fingerprint density at radius 1 is 1.40 bits per heavy atom. The monoisotopic (exact) mass is 205 g/mol. The van der Waals surface area contributed by atoms with E-state index in [9.17, 15) is 9.90 Å². The number of hydrogen-bond acceptors (Lipinski definition) is 4. The number of aromatic carboxylic acids is 1. The Labute approximate surface area is 84.4 Å². The van der Waals surface area contributed by atoms with Crippen LogP contribution in [0.3, 0.4) is 0 Å². The Bertz CT molecular complexity index is 493. The standard InChI is InChI=1S/C9H7N3O3/c13-8-5-6(12-4-3-10-11-12)1-2-7(8)9(14)15/h1-5,13H,(H,14,15). The average molecular weight is 205 g/mol. The van der Waals surface area contributed by atoms with Crippen LogP contribution in [0.25, 0.3) is 5.69 Å². The molecule has 0 fully saturated rings. The van der Waals surface area contributed by atoms with E-state index >= 15 is 0 Å². The molecule has 1 aromatic carbocycles. The Hall–Kier alpha value is -2.37. The molecule has 1 aromatic heterocycles. The van der Waals surface area contributed by atoms with Gasteiger partial charge < -0.3 is 10.2 Å². The topological polar surface area (TPSA) is 88.2 Å². The van der Waals surface area contributed by atoms with Crippen molar-refractivity contribution in [3.8, 4) is 11.4 Å². The van der Waals surface area contributed by atoms with Crippen molar-refractivity contribution in [3.63, 3.8) is 0 Å². The summed E-state index contributed by atoms with van der Waals surface area (Å²) in [6.07, 6.45) is 3.08. The third kappa shape index (κ3) is 1.64. The Morgan fingerprint density at radius 3 is 2.73 bits per heavy atom. The first-order chi connectivity index (χ1) is 7.18. The van der Waals surface area contributed by atoms with E-state index in [0.717, 1.165) is 0 Å². The van der Waals surface area contributed by atoms with Gasteiger partial charge in [-0.15, -0.1) is 5.10 Å². The predicted molar refractivity (Wildman–Crippen MR) is 50.0 cm³/mol. The zero-order valence-electron chi connectivity index (χ0n) is 7.53. The van der Waals surface area contributed by atoms with Gasteiger partial charge in [0.05, 0.1) is 18.1 Å². The smallest absolute Gasteiger partial charge is 0.339 e. The van der Waals surface area contributed by atoms with Crippen molar-refractivity contribution in [3.05, 3.63) is 36.2 Å². The molecule has 0 bridgehead atoms. The minimum absolute atomic E-state index is 0.140. The molecule has 0 unspecified atom stereocenters. The van der Waals surface area contributed by atoms with E-state index < -0.39 is 5.97 Å². The van der Waals surface area contributed by atoms with Crippen LogP contribution < -0.4 is 0 Å². The fourth-order valence-corrected chi connectivity index (χ4v) is 1.19. The molecular weight excluding hydrogens is 198 g/mol. The summed E-state index contributed by atoms with van der Waals surface area (Å²) in [5.74, 6) is -1.46. The summed E-state index contributed by atoms with van der Waals surface area (Å²) in [5, 5.41) is 25.4. The minimum atomic E-state index is -1.17. The Balaban J connectivity index is 2.47. The number of carboxylic acids is 1. The van der Waals surface area contributed by atoms with Crippen molar-refractivity contribution in [2.24, 2.45) is 0 Å². The summed E-state index contributed by atoms with van der Waals surface area (Å²) in [5.41, 5.74) is 0.411. The van der Waals surface area contributed by atoms with Crippen LogP contribution in [0.5, 0.6) is 5.75 Å². The first-order valence-electron chi connectivity index (χ1n) is 4.11. The molecule has 0 aliphatic carbocycles. The molecule has 0 amide bonds. The average Bonchev–Trinajstić information content (AvgIpc) is 2.69. The molecule has 1 heterocycles. The lowest BCUT2D eigenvalue weighted by molar-refractivity contribution is 0.0694. The second-order valence-corrected chi connectivity index (χ2v) is 2.85. The van der Waals surface area contributed by atoms with Crippen LogP contribution in [0.4, 0.5) is 0 Å². The molecule has 6 nitrogen and oxygen atoms in total. The number of carboxylic acid groups (broad SMARTS) is 1. The Kier molecular flexibility index (Phi) is 2.09. The van der Waals surface area contributed by atoms with Gasteiger partial charge >= 0.3 is 5.97 Å². The van der Waals surface area contributed by atoms with Gasteiger partial charge in [0.15, 0.2) is 0 Å². The fraction of sp³-hybridized carbons (Fsp3) is 0. The zero-order valence-corrected chi connectivity index (χ0v) is 7.53. The highest BCUT2D eigenvalue weighted by Gasteiger charge is 2.10. The van der Waals surface area contributed by atoms with Crippen molar-refractivity contribution in [2.45, 2.75) is 0 Å². The van der Waals surface area contributed by atoms with E-state index in [-0.39, 0.29) is 11.3 Å². The second kappa shape index (κ2) is 3.41. The molecule has 15 heavy (non-hydrogen) atoms. The summed E-state index contributed by atoms with van der Waals surface area (Å²) in [6.45, 7) is 0. The van der Waals surface area contributed by atoms with E-state index in [4.69, 9.17) is 5.11 Å². The van der Waals surface area contributed by atoms with Gasteiger partial charge in [0.2, 0.25) is 0 Å². The van der Waals surface area contributed by atoms with Gasteiger partial charge in [-0.2, -0.15) is 0 Å². The maximum absolute atomic E-state index is 10.6. The molecular formula is C9H7N3O3. The largest absolute Gasteiger partial charge is 0.507 e. The van der Waals surface area contributed by atoms with Gasteiger partial charge in [-0.1, -0.05) is 5.21 Å².